The van der Waals surface area contributed by atoms with Crippen LogP contribution in [0.3, 0.4) is 0 Å². The molecule has 0 fully saturated rings. The molecular formula is C8H5NO7. The van der Waals surface area contributed by atoms with Crippen LogP contribution in [0.4, 0.5) is 0 Å². The van der Waals surface area contributed by atoms with Crippen LogP contribution in [-0.4, -0.2) is 33.2 Å². The zero-order valence-electron chi connectivity index (χ0n) is 7.58. The van der Waals surface area contributed by atoms with Crippen molar-refractivity contribution in [2.24, 2.45) is 0 Å². The van der Waals surface area contributed by atoms with E-state index in [9.17, 15) is 19.6 Å². The molecule has 3 N–H and O–H groups in total. The van der Waals surface area contributed by atoms with E-state index >= 15 is 0 Å². The van der Waals surface area contributed by atoms with Crippen LogP contribution in [0.25, 0.3) is 0 Å². The first-order valence-corrected chi connectivity index (χ1v) is 3.81. The second-order valence-electron chi connectivity index (χ2n) is 2.73. The fourth-order valence-electron chi connectivity index (χ4n) is 1.04. The van der Waals surface area contributed by atoms with Crippen LogP contribution in [0, 0.1) is 5.21 Å². The molecule has 0 amide bonds. The fraction of sp³-hybridized carbons (Fsp3) is 0. The summed E-state index contributed by atoms with van der Waals surface area (Å²) in [5, 5.41) is 36.8. The molecule has 8 heteroatoms. The number of aromatic carboxylic acids is 3. The molecule has 0 aliphatic rings. The molecule has 1 aromatic rings. The van der Waals surface area contributed by atoms with Crippen LogP contribution in [0.1, 0.15) is 31.2 Å². The second-order valence-corrected chi connectivity index (χ2v) is 2.73. The maximum absolute atomic E-state index is 11.0. The Morgan fingerprint density at radius 2 is 1.50 bits per heavy atom. The molecule has 1 aromatic heterocycles. The van der Waals surface area contributed by atoms with E-state index < -0.39 is 34.7 Å². The topological polar surface area (TPSA) is 139 Å². The largest absolute Gasteiger partial charge is 0.618 e. The van der Waals surface area contributed by atoms with E-state index in [0.29, 0.717) is 12.3 Å². The predicted octanol–water partition coefficient (Wildman–Crippen LogP) is -0.585. The number of pyridine rings is 1. The summed E-state index contributed by atoms with van der Waals surface area (Å²) in [5.74, 6) is -4.89. The van der Waals surface area contributed by atoms with E-state index in [1.165, 1.54) is 0 Å². The molecule has 0 radical (unpaired) electrons. The van der Waals surface area contributed by atoms with Gasteiger partial charge in [-0.15, -0.1) is 0 Å². The van der Waals surface area contributed by atoms with Gasteiger partial charge in [-0.05, 0) is 0 Å². The highest BCUT2D eigenvalue weighted by Crippen LogP contribution is 2.08. The summed E-state index contributed by atoms with van der Waals surface area (Å²) >= 11 is 0. The molecular weight excluding hydrogens is 222 g/mol. The van der Waals surface area contributed by atoms with E-state index in [1.54, 1.807) is 0 Å². The summed E-state index contributed by atoms with van der Waals surface area (Å²) in [6.07, 6.45) is 0.398. The minimum atomic E-state index is -1.64. The quantitative estimate of drug-likeness (QED) is 0.463. The Labute approximate surface area is 87.6 Å². The molecule has 0 spiro atoms. The molecule has 0 bridgehead atoms. The maximum Gasteiger partial charge on any atom is 0.402 e. The third kappa shape index (κ3) is 1.90. The highest BCUT2D eigenvalue weighted by atomic mass is 16.5. The summed E-state index contributed by atoms with van der Waals surface area (Å²) < 4.78 is -0.210. The van der Waals surface area contributed by atoms with Crippen LogP contribution >= 0.6 is 0 Å². The van der Waals surface area contributed by atoms with Crippen molar-refractivity contribution in [1.82, 2.24) is 0 Å². The van der Waals surface area contributed by atoms with E-state index in [1.807, 2.05) is 0 Å². The standard InChI is InChI=1S/C8H5NO7/c10-6(11)3-1-5(8(14)15)9(16)2-4(3)7(12)13/h1-2H,(H,10,11)(H,12,13)(H,14,15). The Balaban J connectivity index is 3.55. The summed E-state index contributed by atoms with van der Waals surface area (Å²) in [5.41, 5.74) is -2.38. The summed E-state index contributed by atoms with van der Waals surface area (Å²) in [6.45, 7) is 0. The van der Waals surface area contributed by atoms with Gasteiger partial charge in [-0.25, -0.2) is 14.4 Å². The van der Waals surface area contributed by atoms with Gasteiger partial charge in [0.2, 0.25) is 0 Å². The van der Waals surface area contributed by atoms with Crippen molar-refractivity contribution in [2.75, 3.05) is 0 Å². The molecule has 0 saturated carbocycles. The monoisotopic (exact) mass is 227 g/mol. The first-order valence-electron chi connectivity index (χ1n) is 3.81. The Kier molecular flexibility index (Phi) is 2.75. The third-order valence-electron chi connectivity index (χ3n) is 1.73. The zero-order chi connectivity index (χ0) is 12.5. The minimum absolute atomic E-state index is 0.210. The Morgan fingerprint density at radius 1 is 1.00 bits per heavy atom. The first kappa shape index (κ1) is 11.4. The van der Waals surface area contributed by atoms with Crippen molar-refractivity contribution in [2.45, 2.75) is 0 Å². The van der Waals surface area contributed by atoms with Crippen molar-refractivity contribution < 1.29 is 34.4 Å². The van der Waals surface area contributed by atoms with Gasteiger partial charge in [0.15, 0.2) is 6.20 Å². The van der Waals surface area contributed by atoms with Gasteiger partial charge in [0.25, 0.3) is 0 Å². The highest BCUT2D eigenvalue weighted by Gasteiger charge is 2.25. The van der Waals surface area contributed by atoms with Gasteiger partial charge in [0.05, 0.1) is 5.56 Å². The molecule has 0 aliphatic heterocycles. The van der Waals surface area contributed by atoms with E-state index in [0.717, 1.165) is 0 Å². The normalized spacial score (nSPS) is 9.75. The van der Waals surface area contributed by atoms with Crippen LogP contribution in [0.15, 0.2) is 12.3 Å². The lowest BCUT2D eigenvalue weighted by Gasteiger charge is -2.04. The second kappa shape index (κ2) is 3.85. The third-order valence-corrected chi connectivity index (χ3v) is 1.73. The lowest BCUT2D eigenvalue weighted by Crippen LogP contribution is -2.36. The van der Waals surface area contributed by atoms with Crippen LogP contribution in [0.2, 0.25) is 0 Å². The van der Waals surface area contributed by atoms with Crippen molar-refractivity contribution >= 4 is 17.9 Å². The van der Waals surface area contributed by atoms with Crippen molar-refractivity contribution in [1.29, 1.82) is 0 Å². The summed E-state index contributed by atoms with van der Waals surface area (Å²) in [4.78, 5) is 31.8. The van der Waals surface area contributed by atoms with Crippen LogP contribution in [0.5, 0.6) is 0 Å². The molecule has 0 aliphatic carbocycles. The lowest BCUT2D eigenvalue weighted by molar-refractivity contribution is -0.608. The summed E-state index contributed by atoms with van der Waals surface area (Å²) in [6, 6.07) is 0.501. The highest BCUT2D eigenvalue weighted by molar-refractivity contribution is 6.02. The molecule has 0 saturated heterocycles. The van der Waals surface area contributed by atoms with Gasteiger partial charge in [-0.1, -0.05) is 0 Å². The summed E-state index contributed by atoms with van der Waals surface area (Å²) in [7, 11) is 0. The zero-order valence-corrected chi connectivity index (χ0v) is 7.58. The number of aromatic nitrogens is 1. The van der Waals surface area contributed by atoms with Crippen molar-refractivity contribution in [3.05, 3.63) is 34.3 Å². The average molecular weight is 227 g/mol. The molecule has 0 atom stereocenters. The van der Waals surface area contributed by atoms with Gasteiger partial charge >= 0.3 is 23.6 Å². The molecule has 0 aromatic carbocycles. The van der Waals surface area contributed by atoms with Crippen molar-refractivity contribution in [3.8, 4) is 0 Å². The van der Waals surface area contributed by atoms with Gasteiger partial charge in [0.1, 0.15) is 5.56 Å². The number of hydrogen-bond donors (Lipinski definition) is 3. The van der Waals surface area contributed by atoms with E-state index in [-0.39, 0.29) is 4.73 Å². The molecule has 1 rings (SSSR count). The van der Waals surface area contributed by atoms with E-state index in [2.05, 4.69) is 0 Å². The number of carbonyl (C=O) groups is 3. The molecule has 16 heavy (non-hydrogen) atoms. The average Bonchev–Trinajstić information content (AvgIpc) is 2.15. The van der Waals surface area contributed by atoms with Crippen LogP contribution in [-0.2, 0) is 0 Å². The lowest BCUT2D eigenvalue weighted by atomic mass is 10.1. The minimum Gasteiger partial charge on any atom is -0.618 e. The Morgan fingerprint density at radius 3 is 1.88 bits per heavy atom. The van der Waals surface area contributed by atoms with Crippen molar-refractivity contribution in [3.63, 3.8) is 0 Å². The molecule has 1 heterocycles. The smallest absolute Gasteiger partial charge is 0.402 e. The maximum atomic E-state index is 11.0. The van der Waals surface area contributed by atoms with Gasteiger partial charge in [-0.2, -0.15) is 4.73 Å². The van der Waals surface area contributed by atoms with Gasteiger partial charge < -0.3 is 20.5 Å². The number of hydrogen-bond acceptors (Lipinski definition) is 4. The Bertz CT molecular complexity index is 493. The number of rotatable bonds is 3. The van der Waals surface area contributed by atoms with Crippen LogP contribution < -0.4 is 4.73 Å². The predicted molar refractivity (Wildman–Crippen MR) is 46.3 cm³/mol. The first-order chi connectivity index (χ1) is 7.34. The molecule has 84 valence electrons. The fourth-order valence-corrected chi connectivity index (χ4v) is 1.04. The number of nitrogens with zero attached hydrogens (tertiary/aromatic N) is 1. The van der Waals surface area contributed by atoms with Gasteiger partial charge in [-0.3, -0.25) is 0 Å². The van der Waals surface area contributed by atoms with Gasteiger partial charge in [0, 0.05) is 6.07 Å². The number of carboxylic acids is 3. The van der Waals surface area contributed by atoms with E-state index in [4.69, 9.17) is 15.3 Å². The Hall–Kier alpha value is -2.64. The molecule has 8 nitrogen and oxygen atoms in total. The number of carboxylic acid groups (broad SMARTS) is 3. The molecule has 0 unspecified atom stereocenters. The SMILES string of the molecule is O=C(O)c1cc(C(=O)O)[n+]([O-])cc1C(=O)O.